The number of hydrogen-bond acceptors (Lipinski definition) is 4. The van der Waals surface area contributed by atoms with Crippen LogP contribution >= 0.6 is 23.2 Å². The van der Waals surface area contributed by atoms with Crippen LogP contribution in [0.25, 0.3) is 0 Å². The molecule has 0 heterocycles. The van der Waals surface area contributed by atoms with Crippen LogP contribution in [0.1, 0.15) is 0 Å². The molecule has 6 nitrogen and oxygen atoms in total. The molecule has 3 aromatic carbocycles. The molecule has 0 aliphatic carbocycles. The van der Waals surface area contributed by atoms with Crippen LogP contribution in [0, 0.1) is 11.6 Å². The second-order valence-corrected chi connectivity index (χ2v) is 7.14. The Kier molecular flexibility index (Phi) is 7.86. The van der Waals surface area contributed by atoms with Crippen molar-refractivity contribution in [3.8, 4) is 11.5 Å². The van der Waals surface area contributed by atoms with E-state index in [4.69, 9.17) is 32.7 Å². The van der Waals surface area contributed by atoms with Gasteiger partial charge in [0.25, 0.3) is 11.8 Å². The van der Waals surface area contributed by atoms with Crippen LogP contribution in [0.4, 0.5) is 20.2 Å². The molecule has 2 N–H and O–H groups in total. The van der Waals surface area contributed by atoms with Crippen LogP contribution in [0.5, 0.6) is 11.5 Å². The number of nitrogens with one attached hydrogen (secondary N) is 2. The molecule has 0 spiro atoms. The lowest BCUT2D eigenvalue weighted by atomic mass is 10.2. The first-order valence-electron chi connectivity index (χ1n) is 9.17. The second-order valence-electron chi connectivity index (χ2n) is 6.32. The summed E-state index contributed by atoms with van der Waals surface area (Å²) in [4.78, 5) is 24.5. The summed E-state index contributed by atoms with van der Waals surface area (Å²) in [5.74, 6) is -3.11. The van der Waals surface area contributed by atoms with Gasteiger partial charge in [0.15, 0.2) is 36.3 Å². The van der Waals surface area contributed by atoms with E-state index in [9.17, 15) is 18.4 Å². The van der Waals surface area contributed by atoms with Crippen molar-refractivity contribution in [2.45, 2.75) is 0 Å². The minimum Gasteiger partial charge on any atom is -0.479 e. The van der Waals surface area contributed by atoms with E-state index in [2.05, 4.69) is 10.6 Å². The topological polar surface area (TPSA) is 76.7 Å². The minimum absolute atomic E-state index is 0.0282. The van der Waals surface area contributed by atoms with Crippen LogP contribution in [-0.4, -0.2) is 25.0 Å². The van der Waals surface area contributed by atoms with Crippen molar-refractivity contribution >= 4 is 46.4 Å². The highest BCUT2D eigenvalue weighted by atomic mass is 35.5. The molecule has 0 bridgehead atoms. The first-order valence-corrected chi connectivity index (χ1v) is 9.93. The van der Waals surface area contributed by atoms with Crippen LogP contribution in [0.15, 0.2) is 60.7 Å². The molecule has 0 aromatic heterocycles. The Bertz CT molecular complexity index is 1020. The maximum Gasteiger partial charge on any atom is 0.262 e. The van der Waals surface area contributed by atoms with Gasteiger partial charge < -0.3 is 20.1 Å². The largest absolute Gasteiger partial charge is 0.479 e. The van der Waals surface area contributed by atoms with Crippen LogP contribution in [0.2, 0.25) is 10.0 Å². The van der Waals surface area contributed by atoms with E-state index in [1.165, 1.54) is 36.4 Å². The number of carbonyl (C=O) groups is 2. The van der Waals surface area contributed by atoms with Gasteiger partial charge in [-0.15, -0.1) is 0 Å². The van der Waals surface area contributed by atoms with Crippen LogP contribution in [-0.2, 0) is 9.59 Å². The van der Waals surface area contributed by atoms with Gasteiger partial charge in [-0.05, 0) is 36.4 Å². The number of para-hydroxylation sites is 4. The standard InChI is InChI=1S/C22H16Cl2F2N2O4/c23-13-5-3-7-15(25)21(13)31-11-19(29)27-17-9-1-2-10-18(17)28-20(30)12-32-22-14(24)6-4-8-16(22)26/h1-10H,11-12H2,(H,27,29)(H,28,30). The van der Waals surface area contributed by atoms with Crippen LogP contribution < -0.4 is 20.1 Å². The summed E-state index contributed by atoms with van der Waals surface area (Å²) < 4.78 is 37.8. The summed E-state index contributed by atoms with van der Waals surface area (Å²) in [6.07, 6.45) is 0. The summed E-state index contributed by atoms with van der Waals surface area (Å²) in [5.41, 5.74) is 0.524. The fraction of sp³-hybridized carbons (Fsp3) is 0.0909. The Hall–Kier alpha value is -3.36. The number of amides is 2. The summed E-state index contributed by atoms with van der Waals surface area (Å²) >= 11 is 11.7. The van der Waals surface area contributed by atoms with Crippen LogP contribution in [0.3, 0.4) is 0 Å². The maximum absolute atomic E-state index is 13.7. The van der Waals surface area contributed by atoms with E-state index in [-0.39, 0.29) is 32.9 Å². The fourth-order valence-corrected chi connectivity index (χ4v) is 3.03. The molecule has 32 heavy (non-hydrogen) atoms. The van der Waals surface area contributed by atoms with Gasteiger partial charge in [-0.25, -0.2) is 8.78 Å². The SMILES string of the molecule is O=C(COc1c(F)cccc1Cl)Nc1ccccc1NC(=O)COc1c(F)cccc1Cl. The number of hydrogen-bond donors (Lipinski definition) is 2. The van der Waals surface area contributed by atoms with E-state index in [1.54, 1.807) is 12.1 Å². The fourth-order valence-electron chi connectivity index (χ4n) is 2.59. The Morgan fingerprint density at radius 1 is 0.688 bits per heavy atom. The lowest BCUT2D eigenvalue weighted by molar-refractivity contribution is -0.119. The van der Waals surface area contributed by atoms with E-state index >= 15 is 0 Å². The van der Waals surface area contributed by atoms with Gasteiger partial charge in [-0.2, -0.15) is 0 Å². The third-order valence-corrected chi connectivity index (χ3v) is 4.60. The van der Waals surface area contributed by atoms with E-state index < -0.39 is 36.7 Å². The minimum atomic E-state index is -0.701. The molecule has 0 radical (unpaired) electrons. The molecule has 2 amide bonds. The van der Waals surface area contributed by atoms with Crippen molar-refractivity contribution in [2.75, 3.05) is 23.8 Å². The highest BCUT2D eigenvalue weighted by molar-refractivity contribution is 6.32. The molecule has 0 aliphatic heterocycles. The second kappa shape index (κ2) is 10.8. The number of carbonyl (C=O) groups excluding carboxylic acids is 2. The molecule has 0 atom stereocenters. The molecule has 0 saturated carbocycles. The number of benzene rings is 3. The van der Waals surface area contributed by atoms with Gasteiger partial charge in [-0.1, -0.05) is 47.5 Å². The van der Waals surface area contributed by atoms with Crippen molar-refractivity contribution in [3.05, 3.63) is 82.3 Å². The first-order chi connectivity index (χ1) is 15.3. The maximum atomic E-state index is 13.7. The van der Waals surface area contributed by atoms with E-state index in [1.807, 2.05) is 0 Å². The highest BCUT2D eigenvalue weighted by Crippen LogP contribution is 2.28. The molecule has 166 valence electrons. The summed E-state index contributed by atoms with van der Waals surface area (Å²) in [5, 5.41) is 5.16. The molecular formula is C22H16Cl2F2N2O4. The lowest BCUT2D eigenvalue weighted by Gasteiger charge is -2.14. The predicted molar refractivity (Wildman–Crippen MR) is 118 cm³/mol. The zero-order chi connectivity index (χ0) is 23.1. The molecule has 10 heteroatoms. The Morgan fingerprint density at radius 2 is 1.09 bits per heavy atom. The lowest BCUT2D eigenvalue weighted by Crippen LogP contribution is -2.24. The molecule has 0 fully saturated rings. The molecule has 0 saturated heterocycles. The summed E-state index contributed by atoms with van der Waals surface area (Å²) in [6.45, 7) is -1.03. The third kappa shape index (κ3) is 6.09. The highest BCUT2D eigenvalue weighted by Gasteiger charge is 2.14. The summed E-state index contributed by atoms with van der Waals surface area (Å²) in [7, 11) is 0. The van der Waals surface area contributed by atoms with E-state index in [0.717, 1.165) is 12.1 Å². The third-order valence-electron chi connectivity index (χ3n) is 4.01. The number of ether oxygens (including phenoxy) is 2. The zero-order valence-corrected chi connectivity index (χ0v) is 17.8. The Morgan fingerprint density at radius 3 is 1.47 bits per heavy atom. The van der Waals surface area contributed by atoms with Gasteiger partial charge in [0.05, 0.1) is 21.4 Å². The van der Waals surface area contributed by atoms with E-state index in [0.29, 0.717) is 0 Å². The van der Waals surface area contributed by atoms with Gasteiger partial charge in [0.2, 0.25) is 0 Å². The van der Waals surface area contributed by atoms with Gasteiger partial charge >= 0.3 is 0 Å². The van der Waals surface area contributed by atoms with Crippen molar-refractivity contribution < 1.29 is 27.8 Å². The quantitative estimate of drug-likeness (QED) is 0.458. The van der Waals surface area contributed by atoms with Crippen molar-refractivity contribution in [1.29, 1.82) is 0 Å². The number of anilines is 2. The van der Waals surface area contributed by atoms with Gasteiger partial charge in [0.1, 0.15) is 0 Å². The number of halogens is 4. The normalized spacial score (nSPS) is 10.4. The Balaban J connectivity index is 1.59. The van der Waals surface area contributed by atoms with Gasteiger partial charge in [-0.3, -0.25) is 9.59 Å². The first kappa shape index (κ1) is 23.3. The molecule has 0 unspecified atom stereocenters. The predicted octanol–water partition coefficient (Wildman–Crippen LogP) is 5.31. The Labute approximate surface area is 192 Å². The molecule has 0 aliphatic rings. The zero-order valence-electron chi connectivity index (χ0n) is 16.3. The monoisotopic (exact) mass is 480 g/mol. The van der Waals surface area contributed by atoms with Crippen molar-refractivity contribution in [3.63, 3.8) is 0 Å². The smallest absolute Gasteiger partial charge is 0.262 e. The average Bonchev–Trinajstić information content (AvgIpc) is 2.74. The van der Waals surface area contributed by atoms with Crippen molar-refractivity contribution in [2.24, 2.45) is 0 Å². The number of rotatable bonds is 8. The molecular weight excluding hydrogens is 465 g/mol. The van der Waals surface area contributed by atoms with Crippen molar-refractivity contribution in [1.82, 2.24) is 0 Å². The molecule has 3 rings (SSSR count). The summed E-state index contributed by atoms with van der Waals surface area (Å²) in [6, 6.07) is 14.3. The molecule has 3 aromatic rings. The van der Waals surface area contributed by atoms with Gasteiger partial charge in [0, 0.05) is 0 Å². The average molecular weight is 481 g/mol.